The van der Waals surface area contributed by atoms with Gasteiger partial charge >= 0.3 is 0 Å². The first-order chi connectivity index (χ1) is 9.57. The minimum atomic E-state index is -0.750. The number of carbonyl (C=O) groups is 1. The smallest absolute Gasteiger partial charge is 0.252 e. The van der Waals surface area contributed by atoms with E-state index in [1.54, 1.807) is 18.3 Å². The van der Waals surface area contributed by atoms with Crippen LogP contribution >= 0.6 is 0 Å². The van der Waals surface area contributed by atoms with Gasteiger partial charge < -0.3 is 16.2 Å². The molecule has 5 heteroatoms. The third-order valence-electron chi connectivity index (χ3n) is 3.19. The highest BCUT2D eigenvalue weighted by Gasteiger charge is 2.27. The molecule has 0 aliphatic rings. The normalized spacial score (nSPS) is 13.5. The Bertz CT molecular complexity index is 601. The van der Waals surface area contributed by atoms with Gasteiger partial charge in [0.2, 0.25) is 0 Å². The molecule has 0 aliphatic heterocycles. The first kappa shape index (κ1) is 14.0. The fraction of sp³-hybridized carbons (Fsp3) is 0.200. The highest BCUT2D eigenvalue weighted by molar-refractivity contribution is 5.97. The molecular weight excluding hydrogens is 254 g/mol. The summed E-state index contributed by atoms with van der Waals surface area (Å²) >= 11 is 0. The number of nitrogens with one attached hydrogen (secondary N) is 1. The average Bonchev–Trinajstić information content (AvgIpc) is 2.48. The zero-order chi connectivity index (χ0) is 14.6. The second-order valence-electron chi connectivity index (χ2n) is 4.75. The fourth-order valence-electron chi connectivity index (χ4n) is 1.97. The van der Waals surface area contributed by atoms with Crippen molar-refractivity contribution in [1.82, 2.24) is 4.98 Å². The lowest BCUT2D eigenvalue weighted by Crippen LogP contribution is -2.37. The SMILES string of the molecule is CC(CO)(Nc1ncccc1C(N)=O)c1ccccc1. The Hall–Kier alpha value is -2.40. The van der Waals surface area contributed by atoms with Crippen molar-refractivity contribution in [2.24, 2.45) is 5.73 Å². The topological polar surface area (TPSA) is 88.2 Å². The number of aliphatic hydroxyl groups excluding tert-OH is 1. The van der Waals surface area contributed by atoms with Gasteiger partial charge in [0.05, 0.1) is 17.7 Å². The van der Waals surface area contributed by atoms with E-state index in [9.17, 15) is 9.90 Å². The molecule has 1 aromatic carbocycles. The van der Waals surface area contributed by atoms with Crippen LogP contribution in [0.15, 0.2) is 48.7 Å². The molecule has 1 atom stereocenters. The average molecular weight is 271 g/mol. The van der Waals surface area contributed by atoms with Crippen molar-refractivity contribution < 1.29 is 9.90 Å². The number of benzene rings is 1. The van der Waals surface area contributed by atoms with Gasteiger partial charge in [-0.3, -0.25) is 4.79 Å². The zero-order valence-corrected chi connectivity index (χ0v) is 11.2. The van der Waals surface area contributed by atoms with Crippen LogP contribution in [0.1, 0.15) is 22.8 Å². The number of aliphatic hydroxyl groups is 1. The highest BCUT2D eigenvalue weighted by Crippen LogP contribution is 2.26. The van der Waals surface area contributed by atoms with Gasteiger partial charge in [-0.15, -0.1) is 0 Å². The Balaban J connectivity index is 2.39. The van der Waals surface area contributed by atoms with Crippen LogP contribution in [0.4, 0.5) is 5.82 Å². The number of rotatable bonds is 5. The molecule has 0 spiro atoms. The Labute approximate surface area is 117 Å². The van der Waals surface area contributed by atoms with Gasteiger partial charge in [-0.1, -0.05) is 30.3 Å². The molecule has 0 saturated heterocycles. The van der Waals surface area contributed by atoms with E-state index in [1.807, 2.05) is 37.3 Å². The predicted molar refractivity (Wildman–Crippen MR) is 77.3 cm³/mol. The number of nitrogens with two attached hydrogens (primary N) is 1. The summed E-state index contributed by atoms with van der Waals surface area (Å²) in [5, 5.41) is 12.8. The number of nitrogens with zero attached hydrogens (tertiary/aromatic N) is 1. The van der Waals surface area contributed by atoms with Crippen LogP contribution in [0, 0.1) is 0 Å². The minimum Gasteiger partial charge on any atom is -0.394 e. The summed E-state index contributed by atoms with van der Waals surface area (Å²) in [6.07, 6.45) is 1.57. The summed E-state index contributed by atoms with van der Waals surface area (Å²) in [5.41, 5.74) is 5.77. The van der Waals surface area contributed by atoms with Crippen LogP contribution in [0.25, 0.3) is 0 Å². The maximum Gasteiger partial charge on any atom is 0.252 e. The Morgan fingerprint density at radius 2 is 2.00 bits per heavy atom. The summed E-state index contributed by atoms with van der Waals surface area (Å²) in [4.78, 5) is 15.5. The first-order valence-corrected chi connectivity index (χ1v) is 6.26. The summed E-state index contributed by atoms with van der Waals surface area (Å²) in [7, 11) is 0. The van der Waals surface area contributed by atoms with E-state index in [0.717, 1.165) is 5.56 Å². The van der Waals surface area contributed by atoms with Crippen LogP contribution in [0.5, 0.6) is 0 Å². The summed E-state index contributed by atoms with van der Waals surface area (Å²) in [5.74, 6) is -0.200. The Morgan fingerprint density at radius 1 is 1.30 bits per heavy atom. The molecule has 1 aromatic heterocycles. The third kappa shape index (κ3) is 2.78. The molecule has 0 aliphatic carbocycles. The van der Waals surface area contributed by atoms with Crippen LogP contribution in [-0.2, 0) is 5.54 Å². The van der Waals surface area contributed by atoms with Gasteiger partial charge in [0.15, 0.2) is 0 Å². The standard InChI is InChI=1S/C15H17N3O2/c1-15(10-19,11-6-3-2-4-7-11)18-14-12(13(16)20)8-5-9-17-14/h2-9,19H,10H2,1H3,(H2,16,20)(H,17,18). The quantitative estimate of drug-likeness (QED) is 0.769. The van der Waals surface area contributed by atoms with Crippen molar-refractivity contribution in [3.63, 3.8) is 0 Å². The Morgan fingerprint density at radius 3 is 2.60 bits per heavy atom. The van der Waals surface area contributed by atoms with E-state index in [4.69, 9.17) is 5.73 Å². The lowest BCUT2D eigenvalue weighted by Gasteiger charge is -2.30. The van der Waals surface area contributed by atoms with Gasteiger partial charge in [0.1, 0.15) is 5.82 Å². The molecule has 4 N–H and O–H groups in total. The molecular formula is C15H17N3O2. The molecule has 0 radical (unpaired) electrons. The lowest BCUT2D eigenvalue weighted by atomic mass is 9.92. The maximum atomic E-state index is 11.4. The number of pyridine rings is 1. The predicted octanol–water partition coefficient (Wildman–Crippen LogP) is 1.50. The summed E-state index contributed by atoms with van der Waals surface area (Å²) in [6, 6.07) is 12.7. The number of primary amides is 1. The molecule has 20 heavy (non-hydrogen) atoms. The number of amides is 1. The van der Waals surface area contributed by atoms with E-state index in [2.05, 4.69) is 10.3 Å². The molecule has 2 aromatic rings. The zero-order valence-electron chi connectivity index (χ0n) is 11.2. The second kappa shape index (κ2) is 5.71. The van der Waals surface area contributed by atoms with Gasteiger partial charge in [0.25, 0.3) is 5.91 Å². The van der Waals surface area contributed by atoms with Crippen molar-refractivity contribution in [3.8, 4) is 0 Å². The van der Waals surface area contributed by atoms with Crippen molar-refractivity contribution in [3.05, 3.63) is 59.8 Å². The summed E-state index contributed by atoms with van der Waals surface area (Å²) < 4.78 is 0. The molecule has 5 nitrogen and oxygen atoms in total. The van der Waals surface area contributed by atoms with E-state index in [0.29, 0.717) is 11.4 Å². The number of hydrogen-bond acceptors (Lipinski definition) is 4. The number of anilines is 1. The van der Waals surface area contributed by atoms with Gasteiger partial charge in [-0.05, 0) is 24.6 Å². The van der Waals surface area contributed by atoms with Crippen molar-refractivity contribution >= 4 is 11.7 Å². The molecule has 0 fully saturated rings. The number of carbonyl (C=O) groups excluding carboxylic acids is 1. The van der Waals surface area contributed by atoms with E-state index >= 15 is 0 Å². The third-order valence-corrected chi connectivity index (χ3v) is 3.19. The van der Waals surface area contributed by atoms with Crippen LogP contribution in [0.2, 0.25) is 0 Å². The number of hydrogen-bond donors (Lipinski definition) is 3. The van der Waals surface area contributed by atoms with E-state index in [-0.39, 0.29) is 6.61 Å². The number of aromatic nitrogens is 1. The fourth-order valence-corrected chi connectivity index (χ4v) is 1.97. The molecule has 1 heterocycles. The highest BCUT2D eigenvalue weighted by atomic mass is 16.3. The molecule has 1 amide bonds. The summed E-state index contributed by atoms with van der Waals surface area (Å²) in [6.45, 7) is 1.69. The lowest BCUT2D eigenvalue weighted by molar-refractivity contribution is 0.100. The Kier molecular flexibility index (Phi) is 4.00. The van der Waals surface area contributed by atoms with Crippen LogP contribution < -0.4 is 11.1 Å². The monoisotopic (exact) mass is 271 g/mol. The molecule has 0 bridgehead atoms. The molecule has 0 saturated carbocycles. The van der Waals surface area contributed by atoms with Crippen molar-refractivity contribution in [2.75, 3.05) is 11.9 Å². The first-order valence-electron chi connectivity index (χ1n) is 6.26. The van der Waals surface area contributed by atoms with Gasteiger partial charge in [0, 0.05) is 6.20 Å². The van der Waals surface area contributed by atoms with Crippen molar-refractivity contribution in [1.29, 1.82) is 0 Å². The molecule has 104 valence electrons. The van der Waals surface area contributed by atoms with E-state index < -0.39 is 11.4 Å². The van der Waals surface area contributed by atoms with Gasteiger partial charge in [-0.25, -0.2) is 4.98 Å². The molecule has 2 rings (SSSR count). The maximum absolute atomic E-state index is 11.4. The minimum absolute atomic E-state index is 0.147. The molecule has 1 unspecified atom stereocenters. The van der Waals surface area contributed by atoms with Gasteiger partial charge in [-0.2, -0.15) is 0 Å². The largest absolute Gasteiger partial charge is 0.394 e. The second-order valence-corrected chi connectivity index (χ2v) is 4.75. The van der Waals surface area contributed by atoms with Crippen molar-refractivity contribution in [2.45, 2.75) is 12.5 Å². The van der Waals surface area contributed by atoms with Crippen LogP contribution in [0.3, 0.4) is 0 Å². The van der Waals surface area contributed by atoms with Crippen LogP contribution in [-0.4, -0.2) is 22.6 Å². The van der Waals surface area contributed by atoms with E-state index in [1.165, 1.54) is 0 Å².